The second kappa shape index (κ2) is 41.9. The van der Waals surface area contributed by atoms with Crippen LogP contribution < -0.4 is 0 Å². The number of aliphatic hydroxyl groups excluding tert-OH is 3. The molecule has 0 aromatic rings. The van der Waals surface area contributed by atoms with Crippen LogP contribution in [0.2, 0.25) is 0 Å². The molecule has 4 N–H and O–H groups in total. The van der Waals surface area contributed by atoms with Crippen molar-refractivity contribution in [3.05, 3.63) is 72.9 Å². The van der Waals surface area contributed by atoms with E-state index >= 15 is 0 Å². The minimum absolute atomic E-state index is 0.00917. The fourth-order valence-corrected chi connectivity index (χ4v) is 7.62. The Kier molecular flexibility index (Phi) is 39.0. The second-order valence-corrected chi connectivity index (χ2v) is 17.7. The first-order chi connectivity index (χ1) is 31.1. The predicted octanol–water partition coefficient (Wildman–Crippen LogP) is 11.1. The van der Waals surface area contributed by atoms with Gasteiger partial charge in [0.05, 0.1) is 19.8 Å². The highest BCUT2D eigenvalue weighted by Crippen LogP contribution is 2.26. The zero-order valence-corrected chi connectivity index (χ0v) is 40.4. The summed E-state index contributed by atoms with van der Waals surface area (Å²) in [7, 11) is -5.07. The molecule has 1 rings (SSSR count). The van der Waals surface area contributed by atoms with Crippen molar-refractivity contribution in [2.75, 3.05) is 26.4 Å². The van der Waals surface area contributed by atoms with E-state index in [0.29, 0.717) is 19.4 Å². The van der Waals surface area contributed by atoms with Crippen LogP contribution >= 0.6 is 0 Å². The Bertz CT molecular complexity index is 1390. The summed E-state index contributed by atoms with van der Waals surface area (Å²) in [5, 5.41) is 30.7. The van der Waals surface area contributed by atoms with Crippen molar-refractivity contribution in [1.29, 1.82) is 0 Å². The van der Waals surface area contributed by atoms with E-state index in [2.05, 4.69) is 84.9 Å². The monoisotopic (exact) mass is 925 g/mol. The van der Waals surface area contributed by atoms with Crippen molar-refractivity contribution in [3.8, 4) is 0 Å². The number of aliphatic hydroxyl groups is 3. The van der Waals surface area contributed by atoms with Crippen LogP contribution in [0, 0.1) is 0 Å². The predicted molar refractivity (Wildman–Crippen MR) is 257 cm³/mol. The van der Waals surface area contributed by atoms with Gasteiger partial charge in [-0.25, -0.2) is 4.18 Å². The molecule has 6 unspecified atom stereocenters. The van der Waals surface area contributed by atoms with Gasteiger partial charge in [0.25, 0.3) is 0 Å². The van der Waals surface area contributed by atoms with E-state index in [4.69, 9.17) is 18.9 Å². The summed E-state index contributed by atoms with van der Waals surface area (Å²) >= 11 is 0. The molecule has 0 spiro atoms. The maximum Gasteiger partial charge on any atom is 0.397 e. The van der Waals surface area contributed by atoms with Crippen molar-refractivity contribution in [2.24, 2.45) is 0 Å². The first-order valence-electron chi connectivity index (χ1n) is 24.7. The molecule has 0 aromatic heterocycles. The van der Waals surface area contributed by atoms with Gasteiger partial charge in [0.1, 0.15) is 30.5 Å². The average Bonchev–Trinajstić information content (AvgIpc) is 3.27. The Labute approximate surface area is 388 Å². The van der Waals surface area contributed by atoms with E-state index in [1.54, 1.807) is 0 Å². The van der Waals surface area contributed by atoms with Gasteiger partial charge in [-0.3, -0.25) is 9.35 Å². The minimum Gasteiger partial charge on any atom is -0.457 e. The van der Waals surface area contributed by atoms with Gasteiger partial charge in [-0.05, 0) is 77.0 Å². The molecule has 0 saturated carbocycles. The fourth-order valence-electron chi connectivity index (χ4n) is 7.11. The van der Waals surface area contributed by atoms with Gasteiger partial charge in [0.2, 0.25) is 0 Å². The standard InChI is InChI=1S/C51H88O12S/c1-3-5-7-9-11-13-15-17-19-21-22-23-25-27-29-31-33-35-37-39-41-59-43-45(44-60-51-49(55)50(63-64(56,57)58)48(54)46(42-52)62-51)61-47(53)40-38-36-34-32-30-28-26-24-20-18-16-14-12-10-8-6-4-2/h6,8,12,14,17-20,26,28,32,34,45-46,48-52,54-55H,3-5,7,9-11,13,15-16,21-25,27,29-31,33,35-44H2,1-2H3,(H,56,57,58)/b8-6-,14-12-,19-17-,20-18-,28-26-,34-32-. The average molecular weight is 925 g/mol. The van der Waals surface area contributed by atoms with Gasteiger partial charge in [0, 0.05) is 13.0 Å². The number of carbonyl (C=O) groups excluding carboxylic acids is 1. The first kappa shape index (κ1) is 59.6. The smallest absolute Gasteiger partial charge is 0.397 e. The molecule has 1 heterocycles. The minimum atomic E-state index is -5.07. The summed E-state index contributed by atoms with van der Waals surface area (Å²) < 4.78 is 59.1. The molecule has 1 fully saturated rings. The highest BCUT2D eigenvalue weighted by Gasteiger charge is 2.48. The summed E-state index contributed by atoms with van der Waals surface area (Å²) in [5.74, 6) is -0.457. The molecule has 13 heteroatoms. The van der Waals surface area contributed by atoms with Gasteiger partial charge in [-0.2, -0.15) is 8.42 Å². The third-order valence-electron chi connectivity index (χ3n) is 10.8. The lowest BCUT2D eigenvalue weighted by Gasteiger charge is -2.41. The number of unbranched alkanes of at least 4 members (excludes halogenated alkanes) is 17. The Morgan fingerprint density at radius 1 is 0.609 bits per heavy atom. The van der Waals surface area contributed by atoms with Crippen LogP contribution in [0.1, 0.15) is 181 Å². The van der Waals surface area contributed by atoms with Gasteiger partial charge in [-0.15, -0.1) is 0 Å². The van der Waals surface area contributed by atoms with Crippen LogP contribution in [0.25, 0.3) is 0 Å². The van der Waals surface area contributed by atoms with Crippen molar-refractivity contribution in [2.45, 2.75) is 218 Å². The summed E-state index contributed by atoms with van der Waals surface area (Å²) in [5.41, 5.74) is 0. The van der Waals surface area contributed by atoms with Crippen LogP contribution in [0.4, 0.5) is 0 Å². The Morgan fingerprint density at radius 3 is 1.59 bits per heavy atom. The summed E-state index contributed by atoms with van der Waals surface area (Å²) in [6.45, 7) is 3.80. The second-order valence-electron chi connectivity index (χ2n) is 16.7. The molecule has 0 aromatic carbocycles. The van der Waals surface area contributed by atoms with Crippen molar-refractivity contribution in [1.82, 2.24) is 0 Å². The number of ether oxygens (including phenoxy) is 4. The number of allylic oxidation sites excluding steroid dienone is 12. The van der Waals surface area contributed by atoms with E-state index in [0.717, 1.165) is 51.4 Å². The maximum absolute atomic E-state index is 12.9. The molecule has 64 heavy (non-hydrogen) atoms. The maximum atomic E-state index is 12.9. The van der Waals surface area contributed by atoms with Crippen LogP contribution in [0.3, 0.4) is 0 Å². The third-order valence-corrected chi connectivity index (χ3v) is 11.3. The van der Waals surface area contributed by atoms with Crippen LogP contribution in [-0.2, 0) is 38.3 Å². The lowest BCUT2D eigenvalue weighted by Crippen LogP contribution is -2.60. The quantitative estimate of drug-likeness (QED) is 0.0197. The molecule has 370 valence electrons. The molecule has 6 atom stereocenters. The van der Waals surface area contributed by atoms with E-state index < -0.39 is 59.8 Å². The fraction of sp³-hybridized carbons (Fsp3) is 0.745. The van der Waals surface area contributed by atoms with Crippen molar-refractivity contribution in [3.63, 3.8) is 0 Å². The largest absolute Gasteiger partial charge is 0.457 e. The molecule has 0 amide bonds. The molecule has 1 saturated heterocycles. The van der Waals surface area contributed by atoms with Gasteiger partial charge < -0.3 is 34.3 Å². The number of hydrogen-bond acceptors (Lipinski definition) is 11. The third kappa shape index (κ3) is 34.8. The molecular weight excluding hydrogens is 837 g/mol. The van der Waals surface area contributed by atoms with Crippen LogP contribution in [-0.4, -0.2) is 97.5 Å². The number of esters is 1. The highest BCUT2D eigenvalue weighted by atomic mass is 32.3. The molecule has 1 aliphatic rings. The Hall–Kier alpha value is -2.46. The summed E-state index contributed by atoms with van der Waals surface area (Å²) in [6, 6.07) is 0. The molecule has 0 aliphatic carbocycles. The topological polar surface area (TPSA) is 178 Å². The SMILES string of the molecule is CC/C=C\C/C=C\C/C=C\C/C=C\C/C=C\CCCC(=O)OC(COCCCCCCCCCCCC/C=C\CCCCCCCC)COC1OC(CO)C(O)C(OS(=O)(=O)O)C1O. The Balaban J connectivity index is 2.42. The number of carbonyl (C=O) groups is 1. The lowest BCUT2D eigenvalue weighted by molar-refractivity contribution is -0.301. The van der Waals surface area contributed by atoms with Crippen molar-refractivity contribution < 1.29 is 56.2 Å². The number of hydrogen-bond donors (Lipinski definition) is 4. The van der Waals surface area contributed by atoms with Crippen LogP contribution in [0.5, 0.6) is 0 Å². The molecule has 12 nitrogen and oxygen atoms in total. The summed E-state index contributed by atoms with van der Waals surface area (Å²) in [4.78, 5) is 12.9. The number of rotatable bonds is 42. The molecule has 0 bridgehead atoms. The van der Waals surface area contributed by atoms with E-state index in [-0.39, 0.29) is 19.6 Å². The van der Waals surface area contributed by atoms with Gasteiger partial charge in [-0.1, -0.05) is 170 Å². The zero-order chi connectivity index (χ0) is 46.8. The van der Waals surface area contributed by atoms with Crippen LogP contribution in [0.15, 0.2) is 72.9 Å². The van der Waals surface area contributed by atoms with Gasteiger partial charge in [0.15, 0.2) is 6.29 Å². The zero-order valence-electron chi connectivity index (χ0n) is 39.6. The lowest BCUT2D eigenvalue weighted by atomic mass is 9.99. The molecule has 1 aliphatic heterocycles. The van der Waals surface area contributed by atoms with E-state index in [9.17, 15) is 33.1 Å². The van der Waals surface area contributed by atoms with E-state index in [1.807, 2.05) is 6.08 Å². The molecular formula is C51H88O12S. The first-order valence-corrected chi connectivity index (χ1v) is 26.1. The Morgan fingerprint density at radius 2 is 1.08 bits per heavy atom. The molecule has 0 radical (unpaired) electrons. The normalized spacial score (nSPS) is 20.4. The van der Waals surface area contributed by atoms with Gasteiger partial charge >= 0.3 is 16.4 Å². The van der Waals surface area contributed by atoms with Crippen molar-refractivity contribution >= 4 is 16.4 Å². The highest BCUT2D eigenvalue weighted by molar-refractivity contribution is 7.80. The van der Waals surface area contributed by atoms with E-state index in [1.165, 1.54) is 96.3 Å². The summed E-state index contributed by atoms with van der Waals surface area (Å²) in [6.07, 6.45) is 45.1.